The molecule has 0 aliphatic heterocycles. The molecule has 0 aliphatic rings. The summed E-state index contributed by atoms with van der Waals surface area (Å²) in [6.07, 6.45) is 0. The van der Waals surface area contributed by atoms with Crippen LogP contribution in [0.25, 0.3) is 0 Å². The molecule has 4 heteroatoms. The summed E-state index contributed by atoms with van der Waals surface area (Å²) >= 11 is 12.0. The Balaban J connectivity index is 2.19. The molecule has 2 nitrogen and oxygen atoms in total. The number of halogens is 2. The van der Waals surface area contributed by atoms with E-state index in [0.29, 0.717) is 28.0 Å². The third-order valence-corrected chi connectivity index (χ3v) is 3.31. The van der Waals surface area contributed by atoms with Gasteiger partial charge in [-0.1, -0.05) is 29.3 Å². The fourth-order valence-corrected chi connectivity index (χ4v) is 2.00. The Morgan fingerprint density at radius 2 is 1.95 bits per heavy atom. The first-order valence-corrected chi connectivity index (χ1v) is 6.43. The fourth-order valence-electron chi connectivity index (χ4n) is 1.63. The van der Waals surface area contributed by atoms with Crippen LogP contribution in [-0.2, 0) is 6.61 Å². The molecule has 0 unspecified atom stereocenters. The van der Waals surface area contributed by atoms with Crippen LogP contribution in [0.15, 0.2) is 36.4 Å². The number of hydrogen-bond donors (Lipinski definition) is 0. The second kappa shape index (κ2) is 5.97. The van der Waals surface area contributed by atoms with Crippen LogP contribution in [0.2, 0.25) is 10.0 Å². The van der Waals surface area contributed by atoms with Crippen molar-refractivity contribution in [2.24, 2.45) is 0 Å². The molecule has 0 atom stereocenters. The number of hydrogen-bond acceptors (Lipinski definition) is 2. The summed E-state index contributed by atoms with van der Waals surface area (Å²) in [5.74, 6) is 0.676. The second-order valence-electron chi connectivity index (χ2n) is 4.12. The lowest BCUT2D eigenvalue weighted by Gasteiger charge is -2.10. The second-order valence-corrected chi connectivity index (χ2v) is 4.96. The number of aryl methyl sites for hydroxylation is 1. The number of nitriles is 1. The number of rotatable bonds is 3. The maximum Gasteiger partial charge on any atom is 0.124 e. The van der Waals surface area contributed by atoms with E-state index in [0.717, 1.165) is 11.1 Å². The zero-order valence-corrected chi connectivity index (χ0v) is 11.8. The number of benzene rings is 2. The van der Waals surface area contributed by atoms with E-state index < -0.39 is 0 Å². The van der Waals surface area contributed by atoms with Crippen molar-refractivity contribution in [3.8, 4) is 11.8 Å². The van der Waals surface area contributed by atoms with Crippen LogP contribution < -0.4 is 4.74 Å². The lowest BCUT2D eigenvalue weighted by Crippen LogP contribution is -1.98. The average Bonchev–Trinajstić information content (AvgIpc) is 2.41. The van der Waals surface area contributed by atoms with E-state index in [1.54, 1.807) is 30.3 Å². The van der Waals surface area contributed by atoms with Crippen molar-refractivity contribution in [1.82, 2.24) is 0 Å². The molecule has 0 saturated carbocycles. The van der Waals surface area contributed by atoms with Crippen LogP contribution in [0.3, 0.4) is 0 Å². The minimum atomic E-state index is 0.315. The highest BCUT2D eigenvalue weighted by molar-refractivity contribution is 6.33. The quantitative estimate of drug-likeness (QED) is 0.817. The van der Waals surface area contributed by atoms with E-state index in [1.807, 2.05) is 13.0 Å². The first kappa shape index (κ1) is 13.7. The summed E-state index contributed by atoms with van der Waals surface area (Å²) in [7, 11) is 0. The molecule has 2 aromatic carbocycles. The largest absolute Gasteiger partial charge is 0.489 e. The van der Waals surface area contributed by atoms with Gasteiger partial charge in [0.2, 0.25) is 0 Å². The molecular formula is C15H11Cl2NO. The fraction of sp³-hybridized carbons (Fsp3) is 0.133. The van der Waals surface area contributed by atoms with Crippen LogP contribution in [0.4, 0.5) is 0 Å². The zero-order chi connectivity index (χ0) is 13.8. The lowest BCUT2D eigenvalue weighted by atomic mass is 10.1. The SMILES string of the molecule is Cc1ccc(C#N)cc1OCc1cc(Cl)ccc1Cl. The van der Waals surface area contributed by atoms with Gasteiger partial charge in [-0.25, -0.2) is 0 Å². The summed E-state index contributed by atoms with van der Waals surface area (Å²) in [5, 5.41) is 10.1. The molecule has 0 saturated heterocycles. The van der Waals surface area contributed by atoms with Gasteiger partial charge in [0.1, 0.15) is 12.4 Å². The Morgan fingerprint density at radius 1 is 1.16 bits per heavy atom. The van der Waals surface area contributed by atoms with Gasteiger partial charge in [0.05, 0.1) is 11.6 Å². The maximum absolute atomic E-state index is 8.87. The maximum atomic E-state index is 8.87. The zero-order valence-electron chi connectivity index (χ0n) is 10.3. The Kier molecular flexibility index (Phi) is 4.31. The molecular weight excluding hydrogens is 281 g/mol. The topological polar surface area (TPSA) is 33.0 Å². The van der Waals surface area contributed by atoms with E-state index in [2.05, 4.69) is 6.07 Å². The molecule has 96 valence electrons. The minimum absolute atomic E-state index is 0.315. The highest BCUT2D eigenvalue weighted by atomic mass is 35.5. The van der Waals surface area contributed by atoms with Gasteiger partial charge in [-0.05, 0) is 42.8 Å². The molecule has 0 heterocycles. The van der Waals surface area contributed by atoms with Gasteiger partial charge in [-0.2, -0.15) is 5.26 Å². The molecule has 2 aromatic rings. The van der Waals surface area contributed by atoms with Crippen molar-refractivity contribution in [3.63, 3.8) is 0 Å². The van der Waals surface area contributed by atoms with Crippen molar-refractivity contribution < 1.29 is 4.74 Å². The van der Waals surface area contributed by atoms with Crippen molar-refractivity contribution in [1.29, 1.82) is 5.26 Å². The Labute approximate surface area is 122 Å². The monoisotopic (exact) mass is 291 g/mol. The summed E-state index contributed by atoms with van der Waals surface area (Å²) < 4.78 is 5.71. The normalized spacial score (nSPS) is 10.0. The lowest BCUT2D eigenvalue weighted by molar-refractivity contribution is 0.304. The van der Waals surface area contributed by atoms with Crippen LogP contribution >= 0.6 is 23.2 Å². The first-order chi connectivity index (χ1) is 9.10. The Bertz CT molecular complexity index is 647. The third kappa shape index (κ3) is 3.41. The van der Waals surface area contributed by atoms with Crippen LogP contribution in [-0.4, -0.2) is 0 Å². The standard InChI is InChI=1S/C15H11Cl2NO/c1-10-2-3-11(8-18)6-15(10)19-9-12-7-13(16)4-5-14(12)17/h2-7H,9H2,1H3. The van der Waals surface area contributed by atoms with Gasteiger partial charge in [0, 0.05) is 15.6 Å². The van der Waals surface area contributed by atoms with Gasteiger partial charge in [-0.15, -0.1) is 0 Å². The third-order valence-electron chi connectivity index (χ3n) is 2.71. The summed E-state index contributed by atoms with van der Waals surface area (Å²) in [4.78, 5) is 0. The van der Waals surface area contributed by atoms with Gasteiger partial charge >= 0.3 is 0 Å². The minimum Gasteiger partial charge on any atom is -0.489 e. The average molecular weight is 292 g/mol. The molecule has 0 aromatic heterocycles. The molecule has 2 rings (SSSR count). The van der Waals surface area contributed by atoms with Crippen LogP contribution in [0.1, 0.15) is 16.7 Å². The first-order valence-electron chi connectivity index (χ1n) is 5.67. The molecule has 19 heavy (non-hydrogen) atoms. The van der Waals surface area contributed by atoms with E-state index in [-0.39, 0.29) is 0 Å². The van der Waals surface area contributed by atoms with E-state index in [9.17, 15) is 0 Å². The molecule has 0 bridgehead atoms. The van der Waals surface area contributed by atoms with Gasteiger partial charge in [0.25, 0.3) is 0 Å². The Morgan fingerprint density at radius 3 is 2.68 bits per heavy atom. The molecule has 0 radical (unpaired) electrons. The highest BCUT2D eigenvalue weighted by Crippen LogP contribution is 2.24. The molecule has 0 aliphatic carbocycles. The molecule has 0 fully saturated rings. The summed E-state index contributed by atoms with van der Waals surface area (Å²) in [6.45, 7) is 2.24. The highest BCUT2D eigenvalue weighted by Gasteiger charge is 2.05. The Hall–Kier alpha value is -1.69. The van der Waals surface area contributed by atoms with Crippen LogP contribution in [0, 0.1) is 18.3 Å². The summed E-state index contributed by atoms with van der Waals surface area (Å²) in [6, 6.07) is 12.7. The summed E-state index contributed by atoms with van der Waals surface area (Å²) in [5.41, 5.74) is 2.35. The predicted molar refractivity (Wildman–Crippen MR) is 76.7 cm³/mol. The van der Waals surface area contributed by atoms with Crippen molar-refractivity contribution in [2.45, 2.75) is 13.5 Å². The molecule has 0 amide bonds. The molecule has 0 spiro atoms. The predicted octanol–water partition coefficient (Wildman–Crippen LogP) is 4.75. The van der Waals surface area contributed by atoms with Crippen molar-refractivity contribution in [2.75, 3.05) is 0 Å². The van der Waals surface area contributed by atoms with E-state index >= 15 is 0 Å². The number of nitrogens with zero attached hydrogens (tertiary/aromatic N) is 1. The van der Waals surface area contributed by atoms with Crippen molar-refractivity contribution >= 4 is 23.2 Å². The van der Waals surface area contributed by atoms with Gasteiger partial charge in [0.15, 0.2) is 0 Å². The van der Waals surface area contributed by atoms with Gasteiger partial charge < -0.3 is 4.74 Å². The van der Waals surface area contributed by atoms with Crippen molar-refractivity contribution in [3.05, 3.63) is 63.1 Å². The number of ether oxygens (including phenoxy) is 1. The van der Waals surface area contributed by atoms with Gasteiger partial charge in [-0.3, -0.25) is 0 Å². The van der Waals surface area contributed by atoms with Crippen LogP contribution in [0.5, 0.6) is 5.75 Å². The smallest absolute Gasteiger partial charge is 0.124 e. The van der Waals surface area contributed by atoms with E-state index in [1.165, 1.54) is 0 Å². The van der Waals surface area contributed by atoms with E-state index in [4.69, 9.17) is 33.2 Å². The molecule has 0 N–H and O–H groups in total.